The van der Waals surface area contributed by atoms with Crippen molar-refractivity contribution in [2.24, 2.45) is 5.92 Å². The first kappa shape index (κ1) is 14.5. The molecule has 1 amide bonds. The van der Waals surface area contributed by atoms with Gasteiger partial charge in [-0.05, 0) is 43.4 Å². The van der Waals surface area contributed by atoms with Crippen LogP contribution in [0.3, 0.4) is 0 Å². The van der Waals surface area contributed by atoms with Gasteiger partial charge in [0.2, 0.25) is 0 Å². The lowest BCUT2D eigenvalue weighted by atomic mass is 10.1. The number of hydrogen-bond donors (Lipinski definition) is 1. The van der Waals surface area contributed by atoms with Crippen molar-refractivity contribution in [3.63, 3.8) is 0 Å². The molecule has 1 aliphatic rings. The van der Waals surface area contributed by atoms with Crippen molar-refractivity contribution in [3.8, 4) is 0 Å². The Bertz CT molecular complexity index is 526. The van der Waals surface area contributed by atoms with Crippen LogP contribution >= 0.6 is 0 Å². The van der Waals surface area contributed by atoms with Gasteiger partial charge in [-0.25, -0.2) is 4.39 Å². The van der Waals surface area contributed by atoms with Crippen LogP contribution in [0.25, 0.3) is 0 Å². The number of carboxylic acids is 1. The maximum absolute atomic E-state index is 13.5. The minimum atomic E-state index is -0.936. The topological polar surface area (TPSA) is 57.6 Å². The summed E-state index contributed by atoms with van der Waals surface area (Å²) in [5.41, 5.74) is 0.629. The number of hydrogen-bond acceptors (Lipinski definition) is 2. The van der Waals surface area contributed by atoms with E-state index in [2.05, 4.69) is 0 Å². The van der Waals surface area contributed by atoms with E-state index >= 15 is 0 Å². The lowest BCUT2D eigenvalue weighted by Gasteiger charge is -2.23. The van der Waals surface area contributed by atoms with Crippen molar-refractivity contribution in [1.29, 1.82) is 0 Å². The van der Waals surface area contributed by atoms with Crippen LogP contribution in [0, 0.1) is 18.7 Å². The van der Waals surface area contributed by atoms with E-state index in [0.29, 0.717) is 23.6 Å². The molecule has 0 spiro atoms. The van der Waals surface area contributed by atoms with Gasteiger partial charge in [0, 0.05) is 18.7 Å². The van der Waals surface area contributed by atoms with E-state index in [-0.39, 0.29) is 18.9 Å². The van der Waals surface area contributed by atoms with E-state index in [4.69, 9.17) is 5.11 Å². The van der Waals surface area contributed by atoms with Gasteiger partial charge in [0.15, 0.2) is 0 Å². The number of nitrogens with zero attached hydrogens (tertiary/aromatic N) is 1. The Balaban J connectivity index is 2.15. The molecule has 0 heterocycles. The predicted octanol–water partition coefficient (Wildman–Crippen LogP) is 2.46. The molecule has 1 N–H and O–H groups in total. The monoisotopic (exact) mass is 279 g/mol. The van der Waals surface area contributed by atoms with Crippen molar-refractivity contribution < 1.29 is 19.1 Å². The van der Waals surface area contributed by atoms with E-state index in [9.17, 15) is 14.0 Å². The smallest absolute Gasteiger partial charge is 0.305 e. The van der Waals surface area contributed by atoms with Crippen LogP contribution < -0.4 is 0 Å². The molecule has 4 nitrogen and oxygen atoms in total. The van der Waals surface area contributed by atoms with Crippen molar-refractivity contribution >= 4 is 11.9 Å². The summed E-state index contributed by atoms with van der Waals surface area (Å²) in [5, 5.41) is 8.77. The fourth-order valence-corrected chi connectivity index (χ4v) is 2.13. The van der Waals surface area contributed by atoms with Gasteiger partial charge in [0.25, 0.3) is 5.91 Å². The number of carboxylic acid groups (broad SMARTS) is 1. The standard InChI is InChI=1S/C15H18FNO3/c1-10-12(3-2-4-13(10)16)15(20)17(8-7-14(18)19)9-11-5-6-11/h2-4,11H,5-9H2,1H3,(H,18,19). The van der Waals surface area contributed by atoms with E-state index < -0.39 is 11.8 Å². The summed E-state index contributed by atoms with van der Waals surface area (Å²) < 4.78 is 13.5. The third kappa shape index (κ3) is 3.56. The average molecular weight is 279 g/mol. The minimum absolute atomic E-state index is 0.0905. The maximum Gasteiger partial charge on any atom is 0.305 e. The van der Waals surface area contributed by atoms with Crippen LogP contribution in [0.15, 0.2) is 18.2 Å². The Kier molecular flexibility index (Phi) is 4.37. The van der Waals surface area contributed by atoms with Gasteiger partial charge in [-0.15, -0.1) is 0 Å². The van der Waals surface area contributed by atoms with E-state index in [0.717, 1.165) is 12.8 Å². The highest BCUT2D eigenvalue weighted by molar-refractivity contribution is 5.95. The molecule has 1 aromatic carbocycles. The van der Waals surface area contributed by atoms with Gasteiger partial charge in [0.1, 0.15) is 5.82 Å². The minimum Gasteiger partial charge on any atom is -0.481 e. The summed E-state index contributed by atoms with van der Waals surface area (Å²) in [5.74, 6) is -1.17. The van der Waals surface area contributed by atoms with Crippen LogP contribution in [-0.4, -0.2) is 35.0 Å². The van der Waals surface area contributed by atoms with E-state index in [1.165, 1.54) is 17.0 Å². The van der Waals surface area contributed by atoms with Crippen molar-refractivity contribution in [1.82, 2.24) is 4.90 Å². The molecule has 2 rings (SSSR count). The molecule has 0 bridgehead atoms. The highest BCUT2D eigenvalue weighted by Gasteiger charge is 2.28. The van der Waals surface area contributed by atoms with E-state index in [1.54, 1.807) is 13.0 Å². The molecular formula is C15H18FNO3. The second-order valence-corrected chi connectivity index (χ2v) is 5.25. The highest BCUT2D eigenvalue weighted by Crippen LogP contribution is 2.30. The number of rotatable bonds is 6. The highest BCUT2D eigenvalue weighted by atomic mass is 19.1. The van der Waals surface area contributed by atoms with Crippen LogP contribution in [0.5, 0.6) is 0 Å². The summed E-state index contributed by atoms with van der Waals surface area (Å²) in [7, 11) is 0. The van der Waals surface area contributed by atoms with Crippen LogP contribution in [0.1, 0.15) is 35.2 Å². The summed E-state index contributed by atoms with van der Waals surface area (Å²) in [6.07, 6.45) is 2.05. The number of carbonyl (C=O) groups excluding carboxylic acids is 1. The molecule has 0 atom stereocenters. The molecule has 0 unspecified atom stereocenters. The average Bonchev–Trinajstić information content (AvgIpc) is 3.21. The zero-order valence-electron chi connectivity index (χ0n) is 11.4. The first-order chi connectivity index (χ1) is 9.49. The van der Waals surface area contributed by atoms with Gasteiger partial charge in [-0.3, -0.25) is 9.59 Å². The van der Waals surface area contributed by atoms with Crippen LogP contribution in [0.2, 0.25) is 0 Å². The Labute approximate surface area is 117 Å². The molecule has 1 aliphatic carbocycles. The first-order valence-electron chi connectivity index (χ1n) is 6.75. The van der Waals surface area contributed by atoms with Gasteiger partial charge in [0.05, 0.1) is 6.42 Å². The lowest BCUT2D eigenvalue weighted by molar-refractivity contribution is -0.137. The lowest BCUT2D eigenvalue weighted by Crippen LogP contribution is -2.35. The van der Waals surface area contributed by atoms with Crippen LogP contribution in [-0.2, 0) is 4.79 Å². The summed E-state index contributed by atoms with van der Waals surface area (Å²) in [6.45, 7) is 2.29. The Morgan fingerprint density at radius 3 is 2.70 bits per heavy atom. The number of carbonyl (C=O) groups is 2. The predicted molar refractivity (Wildman–Crippen MR) is 72.0 cm³/mol. The molecule has 0 aromatic heterocycles. The third-order valence-electron chi connectivity index (χ3n) is 3.56. The van der Waals surface area contributed by atoms with Crippen LogP contribution in [0.4, 0.5) is 4.39 Å². The molecule has 0 aliphatic heterocycles. The van der Waals surface area contributed by atoms with Crippen molar-refractivity contribution in [2.75, 3.05) is 13.1 Å². The van der Waals surface area contributed by atoms with Gasteiger partial charge in [-0.1, -0.05) is 6.07 Å². The molecule has 0 saturated heterocycles. The molecule has 0 radical (unpaired) electrons. The second kappa shape index (κ2) is 6.03. The summed E-state index contributed by atoms with van der Waals surface area (Å²) in [4.78, 5) is 24.7. The van der Waals surface area contributed by atoms with Crippen molar-refractivity contribution in [3.05, 3.63) is 35.1 Å². The third-order valence-corrected chi connectivity index (χ3v) is 3.56. The number of halogens is 1. The molecular weight excluding hydrogens is 261 g/mol. The SMILES string of the molecule is Cc1c(F)cccc1C(=O)N(CCC(=O)O)CC1CC1. The summed E-state index contributed by atoms with van der Waals surface area (Å²) in [6, 6.07) is 4.40. The molecule has 1 fully saturated rings. The van der Waals surface area contributed by atoms with E-state index in [1.807, 2.05) is 0 Å². The Morgan fingerprint density at radius 2 is 2.10 bits per heavy atom. The Hall–Kier alpha value is -1.91. The zero-order valence-corrected chi connectivity index (χ0v) is 11.4. The van der Waals surface area contributed by atoms with Crippen molar-refractivity contribution in [2.45, 2.75) is 26.2 Å². The molecule has 5 heteroatoms. The largest absolute Gasteiger partial charge is 0.481 e. The zero-order chi connectivity index (χ0) is 14.7. The molecule has 1 saturated carbocycles. The number of aliphatic carboxylic acids is 1. The quantitative estimate of drug-likeness (QED) is 0.870. The normalized spacial score (nSPS) is 14.1. The molecule has 20 heavy (non-hydrogen) atoms. The fraction of sp³-hybridized carbons (Fsp3) is 0.467. The maximum atomic E-state index is 13.5. The second-order valence-electron chi connectivity index (χ2n) is 5.25. The van der Waals surface area contributed by atoms with Gasteiger partial charge in [-0.2, -0.15) is 0 Å². The van der Waals surface area contributed by atoms with Gasteiger partial charge >= 0.3 is 5.97 Å². The molecule has 108 valence electrons. The fourth-order valence-electron chi connectivity index (χ4n) is 2.13. The number of amides is 1. The first-order valence-corrected chi connectivity index (χ1v) is 6.75. The van der Waals surface area contributed by atoms with Gasteiger partial charge < -0.3 is 10.0 Å². The Morgan fingerprint density at radius 1 is 1.40 bits per heavy atom. The number of benzene rings is 1. The summed E-state index contributed by atoms with van der Waals surface area (Å²) >= 11 is 0. The molecule has 1 aromatic rings.